The van der Waals surface area contributed by atoms with Gasteiger partial charge in [0.2, 0.25) is 5.91 Å². The zero-order valence-electron chi connectivity index (χ0n) is 39.0. The Balaban J connectivity index is 1.21. The Hall–Kier alpha value is -4.00. The molecule has 65 heavy (non-hydrogen) atoms. The van der Waals surface area contributed by atoms with Crippen LogP contribution in [0.25, 0.3) is 0 Å². The van der Waals surface area contributed by atoms with Crippen molar-refractivity contribution in [2.75, 3.05) is 13.2 Å². The van der Waals surface area contributed by atoms with Crippen LogP contribution in [0.4, 0.5) is 0 Å². The average molecular weight is 890 g/mol. The molecular formula is C55H75N3O7. The van der Waals surface area contributed by atoms with Crippen molar-refractivity contribution in [3.05, 3.63) is 129 Å². The summed E-state index contributed by atoms with van der Waals surface area (Å²) in [6.45, 7) is 10.1. The molecule has 3 saturated carbocycles. The molecule has 9 atom stereocenters. The highest BCUT2D eigenvalue weighted by Gasteiger charge is 2.64. The highest BCUT2D eigenvalue weighted by atomic mass is 16.3. The average Bonchev–Trinajstić information content (AvgIpc) is 3.94. The fourth-order valence-corrected chi connectivity index (χ4v) is 12.4. The van der Waals surface area contributed by atoms with Crippen LogP contribution in [0.3, 0.4) is 0 Å². The smallest absolute Gasteiger partial charge is 0.243 e. The molecule has 2 aromatic carbocycles. The normalized spacial score (nSPS) is 32.4. The summed E-state index contributed by atoms with van der Waals surface area (Å²) >= 11 is 0. The summed E-state index contributed by atoms with van der Waals surface area (Å²) in [5.74, 6) is -0.618. The molecule has 2 bridgehead atoms. The van der Waals surface area contributed by atoms with Crippen LogP contribution < -0.4 is 16.4 Å². The number of amides is 1. The number of aliphatic hydroxyl groups is 5. The first-order valence-electron chi connectivity index (χ1n) is 24.4. The van der Waals surface area contributed by atoms with Gasteiger partial charge in [0.25, 0.3) is 0 Å². The fraction of sp³-hybridized carbons (Fsp3) is 0.564. The molecule has 7 rings (SSSR count). The van der Waals surface area contributed by atoms with Crippen molar-refractivity contribution in [1.82, 2.24) is 10.6 Å². The molecule has 5 aliphatic rings. The summed E-state index contributed by atoms with van der Waals surface area (Å²) in [7, 11) is 0. The lowest BCUT2D eigenvalue weighted by Crippen LogP contribution is -2.59. The minimum atomic E-state index is -1.31. The summed E-state index contributed by atoms with van der Waals surface area (Å²) in [6.07, 6.45) is 15.9. The van der Waals surface area contributed by atoms with Crippen molar-refractivity contribution in [2.45, 2.75) is 160 Å². The van der Waals surface area contributed by atoms with Gasteiger partial charge in [-0.3, -0.25) is 14.9 Å². The highest BCUT2D eigenvalue weighted by Crippen LogP contribution is 2.63. The van der Waals surface area contributed by atoms with Crippen LogP contribution in [0.5, 0.6) is 0 Å². The van der Waals surface area contributed by atoms with Crippen LogP contribution in [-0.4, -0.2) is 74.3 Å². The van der Waals surface area contributed by atoms with Gasteiger partial charge in [-0.1, -0.05) is 103 Å². The van der Waals surface area contributed by atoms with E-state index < -0.39 is 53.4 Å². The maximum atomic E-state index is 14.7. The molecule has 1 spiro atoms. The summed E-state index contributed by atoms with van der Waals surface area (Å²) in [5.41, 5.74) is 12.7. The molecule has 3 aliphatic carbocycles. The molecular weight excluding hydrogens is 815 g/mol. The molecule has 1 amide bonds. The van der Waals surface area contributed by atoms with Gasteiger partial charge < -0.3 is 36.6 Å². The van der Waals surface area contributed by atoms with Gasteiger partial charge in [0.15, 0.2) is 5.78 Å². The molecule has 10 nitrogen and oxygen atoms in total. The largest absolute Gasteiger partial charge is 0.393 e. The van der Waals surface area contributed by atoms with Gasteiger partial charge in [0.1, 0.15) is 12.2 Å². The van der Waals surface area contributed by atoms with Gasteiger partial charge in [-0.15, -0.1) is 0 Å². The number of benzene rings is 2. The van der Waals surface area contributed by atoms with Crippen LogP contribution in [0.2, 0.25) is 0 Å². The van der Waals surface area contributed by atoms with Gasteiger partial charge in [-0.2, -0.15) is 0 Å². The van der Waals surface area contributed by atoms with E-state index in [2.05, 4.69) is 36.3 Å². The van der Waals surface area contributed by atoms with Crippen LogP contribution in [0.15, 0.2) is 101 Å². The Bertz CT molecular complexity index is 2180. The standard InChI is InChI=1S/C55H75N3O7/c1-34(11-7-13-35(2)39-16-5-6-17-39)12-8-19-41(33-59)45-26-28-55(51(45)63)47-24-23-42(60)30-38-15-9-14-37(29-38)21-22-43(61)32-57-50-49-40(18-10-20-46(49)52(56)58-53(50)64)31-48(62)36(3)44(47)25-27-54(55,4)65/h8-10,12-15,18-20,29,39,42-43,45,47,50-52,57,59-61,63,65H,1,5-7,11,16-17,21-28,30-33,56H2,2-4H3,(H,58,64). The number of hydrogen-bond acceptors (Lipinski definition) is 9. The molecule has 0 radical (unpaired) electrons. The zero-order chi connectivity index (χ0) is 46.5. The SMILES string of the molecule is C=C(C=CC=C(CO)C1CCC2(C3CCC(O)Cc4cccc(c4)CCC(O)CNC4C(=O)NC(N)c5cccc(c54)CC(=O)C(C)=C3CCC2(C)O)C1O)CCC=C(C)C1CCCC1. The second-order valence-electron chi connectivity index (χ2n) is 20.3. The molecule has 2 aliphatic heterocycles. The van der Waals surface area contributed by atoms with E-state index in [0.29, 0.717) is 91.5 Å². The van der Waals surface area contributed by atoms with Gasteiger partial charge in [-0.25, -0.2) is 0 Å². The quantitative estimate of drug-likeness (QED) is 0.0989. The highest BCUT2D eigenvalue weighted by molar-refractivity contribution is 5.98. The summed E-state index contributed by atoms with van der Waals surface area (Å²) < 4.78 is 0. The third-order valence-corrected chi connectivity index (χ3v) is 16.2. The second kappa shape index (κ2) is 21.3. The number of hydrogen-bond donors (Lipinski definition) is 8. The van der Waals surface area contributed by atoms with Crippen molar-refractivity contribution in [3.8, 4) is 0 Å². The molecule has 2 heterocycles. The lowest BCUT2D eigenvalue weighted by Gasteiger charge is -2.56. The lowest BCUT2D eigenvalue weighted by molar-refractivity contribution is -0.168. The Morgan fingerprint density at radius 2 is 1.71 bits per heavy atom. The Kier molecular flexibility index (Phi) is 16.0. The first-order chi connectivity index (χ1) is 31.1. The Morgan fingerprint density at radius 3 is 2.48 bits per heavy atom. The van der Waals surface area contributed by atoms with Gasteiger partial charge in [0, 0.05) is 24.3 Å². The number of Topliss-reactive ketones (excluding diaryl/α,β-unsaturated/α-hetero) is 1. The van der Waals surface area contributed by atoms with Crippen LogP contribution in [-0.2, 0) is 28.9 Å². The predicted octanol–water partition coefficient (Wildman–Crippen LogP) is 7.39. The molecule has 9 N–H and O–H groups in total. The number of fused-ring (bicyclic) bond motifs is 4. The molecule has 9 unspecified atom stereocenters. The molecule has 0 aromatic heterocycles. The third kappa shape index (κ3) is 10.8. The Labute approximate surface area is 386 Å². The number of carbonyl (C=O) groups is 2. The van der Waals surface area contributed by atoms with Crippen molar-refractivity contribution >= 4 is 11.7 Å². The van der Waals surface area contributed by atoms with Crippen molar-refractivity contribution in [2.24, 2.45) is 28.9 Å². The van der Waals surface area contributed by atoms with E-state index in [4.69, 9.17) is 5.73 Å². The molecule has 3 fully saturated rings. The third-order valence-electron chi connectivity index (χ3n) is 16.2. The number of allylic oxidation sites excluding steroid dienone is 8. The number of ketones is 1. The number of nitrogens with two attached hydrogens (primary N) is 1. The number of carbonyl (C=O) groups excluding carboxylic acids is 2. The van der Waals surface area contributed by atoms with E-state index in [1.807, 2.05) is 68.5 Å². The predicted molar refractivity (Wildman–Crippen MR) is 256 cm³/mol. The summed E-state index contributed by atoms with van der Waals surface area (Å²) in [4.78, 5) is 28.3. The van der Waals surface area contributed by atoms with E-state index in [0.717, 1.165) is 35.1 Å². The molecule has 2 aromatic rings. The minimum Gasteiger partial charge on any atom is -0.393 e. The second-order valence-corrected chi connectivity index (χ2v) is 20.3. The van der Waals surface area contributed by atoms with Crippen LogP contribution >= 0.6 is 0 Å². The Morgan fingerprint density at radius 1 is 0.954 bits per heavy atom. The summed E-state index contributed by atoms with van der Waals surface area (Å²) in [5, 5.41) is 65.0. The number of aryl methyl sites for hydroxylation is 1. The molecule has 0 saturated heterocycles. The monoisotopic (exact) mass is 890 g/mol. The number of rotatable bonds is 8. The molecule has 352 valence electrons. The van der Waals surface area contributed by atoms with Crippen LogP contribution in [0.1, 0.15) is 144 Å². The number of aliphatic hydroxyl groups excluding tert-OH is 4. The van der Waals surface area contributed by atoms with E-state index in [-0.39, 0.29) is 31.3 Å². The number of nitrogens with one attached hydrogen (secondary N) is 2. The fourth-order valence-electron chi connectivity index (χ4n) is 12.4. The van der Waals surface area contributed by atoms with Crippen LogP contribution in [0, 0.1) is 23.2 Å². The van der Waals surface area contributed by atoms with Gasteiger partial charge in [0.05, 0.1) is 30.5 Å². The minimum absolute atomic E-state index is 0.00321. The van der Waals surface area contributed by atoms with Gasteiger partial charge in [-0.05, 0) is 155 Å². The maximum Gasteiger partial charge on any atom is 0.243 e. The van der Waals surface area contributed by atoms with E-state index in [9.17, 15) is 35.1 Å². The topological polar surface area (TPSA) is 185 Å². The van der Waals surface area contributed by atoms with E-state index in [1.54, 1.807) is 0 Å². The van der Waals surface area contributed by atoms with Crippen molar-refractivity contribution in [1.29, 1.82) is 0 Å². The van der Waals surface area contributed by atoms with Gasteiger partial charge >= 0.3 is 0 Å². The first-order valence-corrected chi connectivity index (χ1v) is 24.4. The van der Waals surface area contributed by atoms with Crippen molar-refractivity contribution in [3.63, 3.8) is 0 Å². The van der Waals surface area contributed by atoms with E-state index in [1.165, 1.54) is 31.3 Å². The summed E-state index contributed by atoms with van der Waals surface area (Å²) in [6, 6.07) is 12.8. The molecule has 10 heteroatoms. The first kappa shape index (κ1) is 48.9. The van der Waals surface area contributed by atoms with Crippen molar-refractivity contribution < 1.29 is 35.1 Å². The maximum absolute atomic E-state index is 14.7. The zero-order valence-corrected chi connectivity index (χ0v) is 39.0. The van der Waals surface area contributed by atoms with E-state index >= 15 is 0 Å². The lowest BCUT2D eigenvalue weighted by atomic mass is 9.52. The number of β-amino-alcohol motifs (C(OH)–C–C–N with tert-alkyl or cyclic N) is 1.